The van der Waals surface area contributed by atoms with Crippen LogP contribution < -0.4 is 10.2 Å². The number of carbonyl (C=O) groups is 2. The average Bonchev–Trinajstić information content (AvgIpc) is 2.94. The van der Waals surface area contributed by atoms with Gasteiger partial charge in [0.05, 0.1) is 5.56 Å². The van der Waals surface area contributed by atoms with Crippen LogP contribution in [-0.2, 0) is 4.79 Å². The zero-order valence-corrected chi connectivity index (χ0v) is 13.3. The minimum absolute atomic E-state index is 0.125. The van der Waals surface area contributed by atoms with E-state index in [1.54, 1.807) is 23.2 Å². The molecule has 0 spiro atoms. The van der Waals surface area contributed by atoms with Crippen molar-refractivity contribution < 1.29 is 9.59 Å². The van der Waals surface area contributed by atoms with Gasteiger partial charge in [-0.25, -0.2) is 0 Å². The van der Waals surface area contributed by atoms with Crippen LogP contribution in [0.15, 0.2) is 47.2 Å². The summed E-state index contributed by atoms with van der Waals surface area (Å²) in [5.41, 5.74) is 1.94. The molecule has 112 valence electrons. The Hall–Kier alpha value is -2.21. The zero-order valence-electron chi connectivity index (χ0n) is 11.8. The van der Waals surface area contributed by atoms with E-state index in [0.29, 0.717) is 17.7 Å². The summed E-state index contributed by atoms with van der Waals surface area (Å²) in [6, 6.07) is 9.02. The van der Waals surface area contributed by atoms with Crippen molar-refractivity contribution in [2.75, 3.05) is 16.8 Å². The van der Waals surface area contributed by atoms with Crippen molar-refractivity contribution in [3.8, 4) is 0 Å². The number of aromatic nitrogens is 1. The molecule has 1 aliphatic heterocycles. The Kier molecular flexibility index (Phi) is 4.20. The standard InChI is InChI=1S/C16H14BrN3O2/c17-12-7-11(9-18-10-12)16(22)19-13-3-1-4-14(8-13)20-6-2-5-15(20)21/h1,3-4,7-10H,2,5-6H2,(H,19,22). The number of halogens is 1. The summed E-state index contributed by atoms with van der Waals surface area (Å²) in [7, 11) is 0. The summed E-state index contributed by atoms with van der Waals surface area (Å²) in [6.07, 6.45) is 4.59. The topological polar surface area (TPSA) is 62.3 Å². The van der Waals surface area contributed by atoms with Crippen molar-refractivity contribution in [3.05, 3.63) is 52.8 Å². The third-order valence-electron chi connectivity index (χ3n) is 3.46. The van der Waals surface area contributed by atoms with E-state index in [9.17, 15) is 9.59 Å². The second kappa shape index (κ2) is 6.27. The van der Waals surface area contributed by atoms with E-state index in [1.165, 1.54) is 6.20 Å². The maximum atomic E-state index is 12.2. The fraction of sp³-hybridized carbons (Fsp3) is 0.188. The van der Waals surface area contributed by atoms with E-state index < -0.39 is 0 Å². The predicted molar refractivity (Wildman–Crippen MR) is 87.9 cm³/mol. The Morgan fingerprint density at radius 1 is 1.27 bits per heavy atom. The molecule has 0 radical (unpaired) electrons. The van der Waals surface area contributed by atoms with Crippen molar-refractivity contribution in [1.82, 2.24) is 4.98 Å². The van der Waals surface area contributed by atoms with E-state index in [2.05, 4.69) is 26.2 Å². The van der Waals surface area contributed by atoms with Crippen LogP contribution in [0.3, 0.4) is 0 Å². The van der Waals surface area contributed by atoms with E-state index in [0.717, 1.165) is 23.1 Å². The first-order chi connectivity index (χ1) is 10.6. The van der Waals surface area contributed by atoms with Crippen molar-refractivity contribution in [1.29, 1.82) is 0 Å². The maximum absolute atomic E-state index is 12.2. The van der Waals surface area contributed by atoms with Gasteiger partial charge in [0.15, 0.2) is 0 Å². The Bertz CT molecular complexity index is 733. The molecule has 3 rings (SSSR count). The van der Waals surface area contributed by atoms with Crippen LogP contribution in [-0.4, -0.2) is 23.3 Å². The van der Waals surface area contributed by atoms with Gasteiger partial charge in [0, 0.05) is 41.2 Å². The molecule has 1 saturated heterocycles. The highest BCUT2D eigenvalue weighted by Gasteiger charge is 2.21. The van der Waals surface area contributed by atoms with Crippen molar-refractivity contribution in [2.45, 2.75) is 12.8 Å². The minimum Gasteiger partial charge on any atom is -0.322 e. The molecule has 1 aliphatic rings. The average molecular weight is 360 g/mol. The van der Waals surface area contributed by atoms with Gasteiger partial charge in [-0.05, 0) is 46.6 Å². The van der Waals surface area contributed by atoms with Crippen LogP contribution in [0.2, 0.25) is 0 Å². The van der Waals surface area contributed by atoms with E-state index in [-0.39, 0.29) is 11.8 Å². The Morgan fingerprint density at radius 2 is 2.14 bits per heavy atom. The summed E-state index contributed by atoms with van der Waals surface area (Å²) >= 11 is 3.29. The Labute approximate surface area is 136 Å². The van der Waals surface area contributed by atoms with Gasteiger partial charge in [0.1, 0.15) is 0 Å². The molecule has 2 amide bonds. The molecule has 22 heavy (non-hydrogen) atoms. The van der Waals surface area contributed by atoms with Gasteiger partial charge in [0.2, 0.25) is 5.91 Å². The van der Waals surface area contributed by atoms with Gasteiger partial charge in [-0.3, -0.25) is 14.6 Å². The maximum Gasteiger partial charge on any atom is 0.257 e. The fourth-order valence-corrected chi connectivity index (χ4v) is 2.78. The summed E-state index contributed by atoms with van der Waals surface area (Å²) in [5, 5.41) is 2.83. The Balaban J connectivity index is 1.78. The number of pyridine rings is 1. The monoisotopic (exact) mass is 359 g/mol. The number of carbonyl (C=O) groups excluding carboxylic acids is 2. The van der Waals surface area contributed by atoms with Gasteiger partial charge in [-0.2, -0.15) is 0 Å². The quantitative estimate of drug-likeness (QED) is 0.914. The first kappa shape index (κ1) is 14.7. The lowest BCUT2D eigenvalue weighted by Gasteiger charge is -2.16. The third kappa shape index (κ3) is 3.17. The molecule has 0 aliphatic carbocycles. The molecule has 6 heteroatoms. The van der Waals surface area contributed by atoms with Crippen molar-refractivity contribution in [3.63, 3.8) is 0 Å². The molecule has 0 unspecified atom stereocenters. The predicted octanol–water partition coefficient (Wildman–Crippen LogP) is 3.22. The molecule has 5 nitrogen and oxygen atoms in total. The Morgan fingerprint density at radius 3 is 2.86 bits per heavy atom. The normalized spacial score (nSPS) is 14.2. The number of nitrogens with one attached hydrogen (secondary N) is 1. The largest absolute Gasteiger partial charge is 0.322 e. The van der Waals surface area contributed by atoms with E-state index in [4.69, 9.17) is 0 Å². The van der Waals surface area contributed by atoms with Crippen LogP contribution in [0.4, 0.5) is 11.4 Å². The lowest BCUT2D eigenvalue weighted by Crippen LogP contribution is -2.23. The molecular weight excluding hydrogens is 346 g/mol. The molecule has 0 saturated carbocycles. The number of hydrogen-bond donors (Lipinski definition) is 1. The number of hydrogen-bond acceptors (Lipinski definition) is 3. The van der Waals surface area contributed by atoms with Gasteiger partial charge in [-0.15, -0.1) is 0 Å². The number of nitrogens with zero attached hydrogens (tertiary/aromatic N) is 2. The van der Waals surface area contributed by atoms with Crippen LogP contribution in [0.5, 0.6) is 0 Å². The number of benzene rings is 1. The minimum atomic E-state index is -0.237. The second-order valence-electron chi connectivity index (χ2n) is 5.05. The molecule has 1 aromatic carbocycles. The molecule has 1 fully saturated rings. The highest BCUT2D eigenvalue weighted by atomic mass is 79.9. The fourth-order valence-electron chi connectivity index (χ4n) is 2.41. The number of amides is 2. The van der Waals surface area contributed by atoms with Gasteiger partial charge in [-0.1, -0.05) is 6.07 Å². The van der Waals surface area contributed by atoms with Crippen molar-refractivity contribution in [2.24, 2.45) is 0 Å². The summed E-state index contributed by atoms with van der Waals surface area (Å²) < 4.78 is 0.747. The van der Waals surface area contributed by atoms with Gasteiger partial charge >= 0.3 is 0 Å². The van der Waals surface area contributed by atoms with E-state index in [1.807, 2.05) is 18.2 Å². The van der Waals surface area contributed by atoms with Crippen molar-refractivity contribution >= 4 is 39.1 Å². The lowest BCUT2D eigenvalue weighted by molar-refractivity contribution is -0.117. The molecule has 1 aromatic heterocycles. The number of rotatable bonds is 3. The molecule has 2 heterocycles. The summed E-state index contributed by atoms with van der Waals surface area (Å²) in [6.45, 7) is 0.728. The van der Waals surface area contributed by atoms with Crippen LogP contribution in [0.1, 0.15) is 23.2 Å². The first-order valence-corrected chi connectivity index (χ1v) is 7.75. The molecule has 0 atom stereocenters. The van der Waals surface area contributed by atoms with Gasteiger partial charge < -0.3 is 10.2 Å². The zero-order chi connectivity index (χ0) is 15.5. The highest BCUT2D eigenvalue weighted by molar-refractivity contribution is 9.10. The third-order valence-corrected chi connectivity index (χ3v) is 3.89. The number of anilines is 2. The summed E-state index contributed by atoms with van der Waals surface area (Å²) in [4.78, 5) is 29.7. The van der Waals surface area contributed by atoms with Gasteiger partial charge in [0.25, 0.3) is 5.91 Å². The smallest absolute Gasteiger partial charge is 0.257 e. The molecule has 0 bridgehead atoms. The van der Waals surface area contributed by atoms with Crippen LogP contribution in [0, 0.1) is 0 Å². The van der Waals surface area contributed by atoms with Crippen LogP contribution in [0.25, 0.3) is 0 Å². The molecule has 2 aromatic rings. The lowest BCUT2D eigenvalue weighted by atomic mass is 10.2. The second-order valence-corrected chi connectivity index (χ2v) is 5.96. The SMILES string of the molecule is O=C(Nc1cccc(N2CCCC2=O)c1)c1cncc(Br)c1. The molecule has 1 N–H and O–H groups in total. The first-order valence-electron chi connectivity index (χ1n) is 6.96. The van der Waals surface area contributed by atoms with Crippen LogP contribution >= 0.6 is 15.9 Å². The summed E-state index contributed by atoms with van der Waals surface area (Å²) in [5.74, 6) is -0.113. The molecular formula is C16H14BrN3O2. The highest BCUT2D eigenvalue weighted by Crippen LogP contribution is 2.24. The van der Waals surface area contributed by atoms with E-state index >= 15 is 0 Å².